The van der Waals surface area contributed by atoms with Gasteiger partial charge < -0.3 is 4.74 Å². The summed E-state index contributed by atoms with van der Waals surface area (Å²) in [4.78, 5) is 11.9. The highest BCUT2D eigenvalue weighted by Crippen LogP contribution is 2.19. The standard InChI is InChI=1S/C16H13FN2O2/c1-11-7-8-12(9-14(11)17)16-18-19(15(20)10-21-16)13-5-3-2-4-6-13/h2-9H,10H2,1H3. The van der Waals surface area contributed by atoms with E-state index in [1.54, 1.807) is 31.2 Å². The van der Waals surface area contributed by atoms with Crippen LogP contribution < -0.4 is 5.01 Å². The molecule has 21 heavy (non-hydrogen) atoms. The minimum atomic E-state index is -0.332. The average Bonchev–Trinajstić information content (AvgIpc) is 2.51. The molecule has 0 aromatic heterocycles. The van der Waals surface area contributed by atoms with Crippen molar-refractivity contribution in [3.05, 3.63) is 65.5 Å². The zero-order valence-corrected chi connectivity index (χ0v) is 11.4. The minimum absolute atomic E-state index is 0.122. The number of carbonyl (C=O) groups excluding carboxylic acids is 1. The lowest BCUT2D eigenvalue weighted by atomic mass is 10.1. The quantitative estimate of drug-likeness (QED) is 0.851. The first-order valence-corrected chi connectivity index (χ1v) is 6.51. The maximum absolute atomic E-state index is 13.6. The molecule has 0 atom stereocenters. The maximum Gasteiger partial charge on any atom is 0.285 e. The lowest BCUT2D eigenvalue weighted by Gasteiger charge is -2.23. The molecule has 1 heterocycles. The Labute approximate surface area is 121 Å². The monoisotopic (exact) mass is 284 g/mol. The molecule has 1 aliphatic heterocycles. The Bertz CT molecular complexity index is 713. The lowest BCUT2D eigenvalue weighted by molar-refractivity contribution is -0.121. The van der Waals surface area contributed by atoms with E-state index in [1.807, 2.05) is 18.2 Å². The summed E-state index contributed by atoms with van der Waals surface area (Å²) in [6.45, 7) is 1.56. The first kappa shape index (κ1) is 13.3. The molecule has 0 saturated carbocycles. The third-order valence-electron chi connectivity index (χ3n) is 3.18. The van der Waals surface area contributed by atoms with Crippen LogP contribution in [0.4, 0.5) is 10.1 Å². The largest absolute Gasteiger partial charge is 0.466 e. The van der Waals surface area contributed by atoms with Crippen LogP contribution in [-0.2, 0) is 9.53 Å². The summed E-state index contributed by atoms with van der Waals surface area (Å²) in [5.74, 6) is -0.364. The Kier molecular flexibility index (Phi) is 3.39. The fourth-order valence-electron chi connectivity index (χ4n) is 2.00. The number of ether oxygens (including phenoxy) is 1. The van der Waals surface area contributed by atoms with Crippen LogP contribution in [0.3, 0.4) is 0 Å². The first-order valence-electron chi connectivity index (χ1n) is 6.51. The fourth-order valence-corrected chi connectivity index (χ4v) is 2.00. The highest BCUT2D eigenvalue weighted by atomic mass is 19.1. The van der Waals surface area contributed by atoms with Gasteiger partial charge in [0.25, 0.3) is 5.91 Å². The molecule has 0 unspecified atom stereocenters. The number of hydrogen-bond donors (Lipinski definition) is 0. The molecule has 106 valence electrons. The van der Waals surface area contributed by atoms with Crippen LogP contribution in [0.1, 0.15) is 11.1 Å². The predicted octanol–water partition coefficient (Wildman–Crippen LogP) is 2.86. The third kappa shape index (κ3) is 2.63. The van der Waals surface area contributed by atoms with Gasteiger partial charge in [0.2, 0.25) is 5.90 Å². The van der Waals surface area contributed by atoms with E-state index in [4.69, 9.17) is 4.74 Å². The molecule has 4 nitrogen and oxygen atoms in total. The average molecular weight is 284 g/mol. The first-order chi connectivity index (χ1) is 10.1. The van der Waals surface area contributed by atoms with Crippen LogP contribution in [-0.4, -0.2) is 18.4 Å². The maximum atomic E-state index is 13.6. The van der Waals surface area contributed by atoms with Crippen LogP contribution in [0.5, 0.6) is 0 Å². The second kappa shape index (κ2) is 5.36. The molecule has 0 N–H and O–H groups in total. The second-order valence-corrected chi connectivity index (χ2v) is 4.70. The number of nitrogens with zero attached hydrogens (tertiary/aromatic N) is 2. The van der Waals surface area contributed by atoms with E-state index in [0.717, 1.165) is 0 Å². The van der Waals surface area contributed by atoms with Gasteiger partial charge in [0.1, 0.15) is 5.82 Å². The molecular weight excluding hydrogens is 271 g/mol. The second-order valence-electron chi connectivity index (χ2n) is 4.70. The van der Waals surface area contributed by atoms with E-state index >= 15 is 0 Å². The van der Waals surface area contributed by atoms with Gasteiger partial charge >= 0.3 is 0 Å². The summed E-state index contributed by atoms with van der Waals surface area (Å²) >= 11 is 0. The Hall–Kier alpha value is -2.69. The Morgan fingerprint density at radius 3 is 2.67 bits per heavy atom. The number of carbonyl (C=O) groups is 1. The molecule has 0 saturated heterocycles. The predicted molar refractivity (Wildman–Crippen MR) is 77.6 cm³/mol. The number of benzene rings is 2. The topological polar surface area (TPSA) is 41.9 Å². The van der Waals surface area contributed by atoms with Gasteiger partial charge in [-0.3, -0.25) is 4.79 Å². The van der Waals surface area contributed by atoms with Crippen LogP contribution in [0.25, 0.3) is 0 Å². The smallest absolute Gasteiger partial charge is 0.285 e. The molecule has 0 fully saturated rings. The summed E-state index contributed by atoms with van der Waals surface area (Å²) in [5, 5.41) is 5.46. The van der Waals surface area contributed by atoms with Crippen molar-refractivity contribution in [2.24, 2.45) is 5.10 Å². The summed E-state index contributed by atoms with van der Waals surface area (Å²) < 4.78 is 19.0. The van der Waals surface area contributed by atoms with Crippen molar-refractivity contribution in [1.29, 1.82) is 0 Å². The molecule has 0 bridgehead atoms. The van der Waals surface area contributed by atoms with Crippen molar-refractivity contribution < 1.29 is 13.9 Å². The van der Waals surface area contributed by atoms with Gasteiger partial charge in [-0.05, 0) is 36.8 Å². The molecule has 0 spiro atoms. The van der Waals surface area contributed by atoms with E-state index in [1.165, 1.54) is 11.1 Å². The van der Waals surface area contributed by atoms with Crippen molar-refractivity contribution in [2.45, 2.75) is 6.92 Å². The van der Waals surface area contributed by atoms with Gasteiger partial charge in [-0.15, -0.1) is 5.10 Å². The van der Waals surface area contributed by atoms with Crippen LogP contribution >= 0.6 is 0 Å². The fraction of sp³-hybridized carbons (Fsp3) is 0.125. The van der Waals surface area contributed by atoms with E-state index in [2.05, 4.69) is 5.10 Å². The summed E-state index contributed by atoms with van der Waals surface area (Å²) in [6, 6.07) is 13.8. The number of hydrazone groups is 1. The van der Waals surface area contributed by atoms with Crippen molar-refractivity contribution in [3.8, 4) is 0 Å². The number of amides is 1. The minimum Gasteiger partial charge on any atom is -0.466 e. The van der Waals surface area contributed by atoms with Gasteiger partial charge in [-0.2, -0.15) is 5.01 Å². The molecule has 2 aromatic carbocycles. The van der Waals surface area contributed by atoms with Gasteiger partial charge in [-0.25, -0.2) is 4.39 Å². The zero-order valence-electron chi connectivity index (χ0n) is 11.4. The van der Waals surface area contributed by atoms with Crippen molar-refractivity contribution in [3.63, 3.8) is 0 Å². The van der Waals surface area contributed by atoms with Gasteiger partial charge in [-0.1, -0.05) is 24.3 Å². The van der Waals surface area contributed by atoms with Crippen molar-refractivity contribution in [2.75, 3.05) is 11.6 Å². The number of rotatable bonds is 2. The number of halogens is 1. The molecule has 3 rings (SSSR count). The summed E-state index contributed by atoms with van der Waals surface area (Å²) in [7, 11) is 0. The van der Waals surface area contributed by atoms with Gasteiger partial charge in [0.05, 0.1) is 5.69 Å². The molecule has 2 aromatic rings. The van der Waals surface area contributed by atoms with Gasteiger partial charge in [0, 0.05) is 5.56 Å². The number of anilines is 1. The molecule has 5 heteroatoms. The van der Waals surface area contributed by atoms with E-state index in [9.17, 15) is 9.18 Å². The Morgan fingerprint density at radius 2 is 1.95 bits per heavy atom. The number of hydrogen-bond acceptors (Lipinski definition) is 3. The highest BCUT2D eigenvalue weighted by Gasteiger charge is 2.24. The Balaban J connectivity index is 1.99. The molecule has 1 aliphatic rings. The van der Waals surface area contributed by atoms with Crippen LogP contribution in [0, 0.1) is 12.7 Å². The van der Waals surface area contributed by atoms with Crippen molar-refractivity contribution in [1.82, 2.24) is 0 Å². The van der Waals surface area contributed by atoms with Gasteiger partial charge in [0.15, 0.2) is 6.61 Å². The molecule has 0 aliphatic carbocycles. The Morgan fingerprint density at radius 1 is 1.19 bits per heavy atom. The van der Waals surface area contributed by atoms with E-state index < -0.39 is 0 Å². The molecule has 0 radical (unpaired) electrons. The SMILES string of the molecule is Cc1ccc(C2=NN(c3ccccc3)C(=O)CO2)cc1F. The van der Waals surface area contributed by atoms with Crippen LogP contribution in [0.2, 0.25) is 0 Å². The summed E-state index contributed by atoms with van der Waals surface area (Å²) in [6.07, 6.45) is 0. The molecule has 1 amide bonds. The van der Waals surface area contributed by atoms with E-state index in [0.29, 0.717) is 16.8 Å². The summed E-state index contributed by atoms with van der Waals surface area (Å²) in [5.41, 5.74) is 1.70. The van der Waals surface area contributed by atoms with Crippen LogP contribution in [0.15, 0.2) is 53.6 Å². The number of aryl methyl sites for hydroxylation is 1. The normalized spacial score (nSPS) is 14.7. The molecular formula is C16H13FN2O2. The third-order valence-corrected chi connectivity index (χ3v) is 3.18. The van der Waals surface area contributed by atoms with E-state index in [-0.39, 0.29) is 24.2 Å². The zero-order chi connectivity index (χ0) is 14.8. The van der Waals surface area contributed by atoms with Crippen molar-refractivity contribution >= 4 is 17.5 Å². The lowest BCUT2D eigenvalue weighted by Crippen LogP contribution is -2.36. The number of para-hydroxylation sites is 1. The highest BCUT2D eigenvalue weighted by molar-refractivity contribution is 6.04.